The van der Waals surface area contributed by atoms with Crippen molar-refractivity contribution in [2.24, 2.45) is 0 Å². The van der Waals surface area contributed by atoms with Gasteiger partial charge in [0, 0.05) is 30.6 Å². The van der Waals surface area contributed by atoms with Crippen molar-refractivity contribution in [3.63, 3.8) is 0 Å². The Morgan fingerprint density at radius 1 is 1.17 bits per heavy atom. The van der Waals surface area contributed by atoms with Gasteiger partial charge in [-0.15, -0.1) is 11.3 Å². The van der Waals surface area contributed by atoms with Gasteiger partial charge in [-0.2, -0.15) is 4.39 Å². The molecule has 0 amide bonds. The predicted molar refractivity (Wildman–Crippen MR) is 99.2 cm³/mol. The first-order valence-corrected chi connectivity index (χ1v) is 9.06. The molecular formula is C20H12F4N2O2S. The van der Waals surface area contributed by atoms with Gasteiger partial charge in [-0.1, -0.05) is 11.8 Å². The standard InChI is InChI=1S/C20H12F4N2O2S/c21-15-7-13(10-26(20(15)28)11-18(22)23)8-16(27)17-9-14(19(24)29-17)2-1-12-3-5-25-6-4-12/h3-7,9-10,18H,8,11H2. The number of aromatic nitrogens is 2. The molecule has 0 saturated carbocycles. The monoisotopic (exact) mass is 420 g/mol. The van der Waals surface area contributed by atoms with Gasteiger partial charge in [-0.05, 0) is 29.8 Å². The molecule has 0 fully saturated rings. The van der Waals surface area contributed by atoms with Crippen LogP contribution in [0.15, 0.2) is 47.7 Å². The lowest BCUT2D eigenvalue weighted by Crippen LogP contribution is -2.26. The normalized spacial score (nSPS) is 10.7. The number of hydrogen-bond acceptors (Lipinski definition) is 4. The van der Waals surface area contributed by atoms with Gasteiger partial charge in [0.05, 0.1) is 17.0 Å². The average Bonchev–Trinajstić information content (AvgIpc) is 3.05. The van der Waals surface area contributed by atoms with Gasteiger partial charge >= 0.3 is 0 Å². The second-order valence-corrected chi connectivity index (χ2v) is 6.93. The van der Waals surface area contributed by atoms with E-state index in [0.29, 0.717) is 21.5 Å². The molecule has 0 spiro atoms. The van der Waals surface area contributed by atoms with Crippen molar-refractivity contribution in [1.82, 2.24) is 9.55 Å². The summed E-state index contributed by atoms with van der Waals surface area (Å²) in [5, 5.41) is -0.649. The Balaban J connectivity index is 1.81. The van der Waals surface area contributed by atoms with Crippen LogP contribution in [-0.2, 0) is 13.0 Å². The van der Waals surface area contributed by atoms with Crippen LogP contribution in [0.25, 0.3) is 0 Å². The highest BCUT2D eigenvalue weighted by Crippen LogP contribution is 2.22. The summed E-state index contributed by atoms with van der Waals surface area (Å²) >= 11 is 0.586. The van der Waals surface area contributed by atoms with Gasteiger partial charge in [0.25, 0.3) is 12.0 Å². The van der Waals surface area contributed by atoms with Crippen LogP contribution in [0.1, 0.15) is 26.4 Å². The number of pyridine rings is 2. The number of carbonyl (C=O) groups excluding carboxylic acids is 1. The Bertz CT molecular complexity index is 1160. The summed E-state index contributed by atoms with van der Waals surface area (Å²) < 4.78 is 53.4. The van der Waals surface area contributed by atoms with Crippen LogP contribution in [0.5, 0.6) is 0 Å². The fraction of sp³-hybridized carbons (Fsp3) is 0.150. The van der Waals surface area contributed by atoms with E-state index in [1.54, 1.807) is 12.1 Å². The van der Waals surface area contributed by atoms with Gasteiger partial charge in [-0.3, -0.25) is 14.6 Å². The first-order chi connectivity index (χ1) is 13.8. The lowest BCUT2D eigenvalue weighted by atomic mass is 10.1. The molecule has 0 unspecified atom stereocenters. The molecule has 0 bridgehead atoms. The zero-order chi connectivity index (χ0) is 21.0. The minimum atomic E-state index is -2.86. The molecular weight excluding hydrogens is 408 g/mol. The third-order valence-corrected chi connectivity index (χ3v) is 4.75. The van der Waals surface area contributed by atoms with Crippen molar-refractivity contribution in [2.75, 3.05) is 0 Å². The zero-order valence-electron chi connectivity index (χ0n) is 14.7. The van der Waals surface area contributed by atoms with E-state index in [1.807, 2.05) is 0 Å². The number of nitrogens with zero attached hydrogens (tertiary/aromatic N) is 2. The Morgan fingerprint density at radius 2 is 1.90 bits per heavy atom. The molecule has 0 aliphatic rings. The minimum absolute atomic E-state index is 0.0315. The van der Waals surface area contributed by atoms with Gasteiger partial charge in [0.15, 0.2) is 16.7 Å². The quantitative estimate of drug-likeness (QED) is 0.360. The number of rotatable bonds is 5. The third kappa shape index (κ3) is 5.18. The summed E-state index contributed by atoms with van der Waals surface area (Å²) in [5.74, 6) is 3.59. The second-order valence-electron chi connectivity index (χ2n) is 5.93. The van der Waals surface area contributed by atoms with Crippen LogP contribution in [0.2, 0.25) is 0 Å². The Kier molecular flexibility index (Phi) is 6.24. The van der Waals surface area contributed by atoms with Crippen LogP contribution in [0.3, 0.4) is 0 Å². The third-order valence-electron chi connectivity index (χ3n) is 3.78. The van der Waals surface area contributed by atoms with Crippen LogP contribution in [0, 0.1) is 22.8 Å². The molecule has 0 aliphatic carbocycles. The van der Waals surface area contributed by atoms with Crippen molar-refractivity contribution < 1.29 is 22.4 Å². The molecule has 0 atom stereocenters. The van der Waals surface area contributed by atoms with Crippen molar-refractivity contribution >= 4 is 17.1 Å². The highest BCUT2D eigenvalue weighted by atomic mass is 32.1. The fourth-order valence-corrected chi connectivity index (χ4v) is 3.25. The number of carbonyl (C=O) groups is 1. The number of thiophene rings is 1. The zero-order valence-corrected chi connectivity index (χ0v) is 15.5. The summed E-state index contributed by atoms with van der Waals surface area (Å²) in [7, 11) is 0. The number of ketones is 1. The van der Waals surface area contributed by atoms with E-state index in [-0.39, 0.29) is 22.4 Å². The Labute approximate surface area is 166 Å². The van der Waals surface area contributed by atoms with Gasteiger partial charge in [0.2, 0.25) is 0 Å². The van der Waals surface area contributed by atoms with E-state index in [4.69, 9.17) is 0 Å². The van der Waals surface area contributed by atoms with Crippen LogP contribution < -0.4 is 5.56 Å². The molecule has 3 aromatic heterocycles. The van der Waals surface area contributed by atoms with Crippen molar-refractivity contribution in [2.45, 2.75) is 19.4 Å². The SMILES string of the molecule is O=C(Cc1cc(F)c(=O)n(CC(F)F)c1)c1cc(C#Cc2ccncc2)c(F)s1. The number of halogens is 4. The summed E-state index contributed by atoms with van der Waals surface area (Å²) in [5.41, 5.74) is -0.512. The van der Waals surface area contributed by atoms with Crippen molar-refractivity contribution in [1.29, 1.82) is 0 Å². The maximum atomic E-state index is 14.1. The molecule has 3 rings (SSSR count). The maximum Gasteiger partial charge on any atom is 0.286 e. The first-order valence-electron chi connectivity index (χ1n) is 8.25. The number of hydrogen-bond donors (Lipinski definition) is 0. The van der Waals surface area contributed by atoms with E-state index < -0.39 is 35.3 Å². The maximum absolute atomic E-state index is 14.1. The summed E-state index contributed by atoms with van der Waals surface area (Å²) in [6, 6.07) is 5.39. The highest BCUT2D eigenvalue weighted by Gasteiger charge is 2.17. The molecule has 0 N–H and O–H groups in total. The van der Waals surface area contributed by atoms with E-state index in [2.05, 4.69) is 16.8 Å². The predicted octanol–water partition coefficient (Wildman–Crippen LogP) is 3.67. The average molecular weight is 420 g/mol. The number of alkyl halides is 2. The van der Waals surface area contributed by atoms with Crippen LogP contribution in [0.4, 0.5) is 17.6 Å². The molecule has 3 heterocycles. The molecule has 148 valence electrons. The van der Waals surface area contributed by atoms with Gasteiger partial charge < -0.3 is 4.57 Å². The van der Waals surface area contributed by atoms with E-state index >= 15 is 0 Å². The van der Waals surface area contributed by atoms with Gasteiger partial charge in [-0.25, -0.2) is 13.2 Å². The molecule has 4 nitrogen and oxygen atoms in total. The Hall–Kier alpha value is -3.25. The Morgan fingerprint density at radius 3 is 2.59 bits per heavy atom. The molecule has 0 aromatic carbocycles. The largest absolute Gasteiger partial charge is 0.307 e. The topological polar surface area (TPSA) is 52.0 Å². The molecule has 0 saturated heterocycles. The first kappa shape index (κ1) is 20.5. The summed E-state index contributed by atoms with van der Waals surface area (Å²) in [6.07, 6.45) is 0.845. The smallest absolute Gasteiger partial charge is 0.286 e. The molecule has 0 radical (unpaired) electrons. The van der Waals surface area contributed by atoms with Crippen molar-refractivity contribution in [3.05, 3.63) is 85.7 Å². The lowest BCUT2D eigenvalue weighted by Gasteiger charge is -2.08. The van der Waals surface area contributed by atoms with E-state index in [0.717, 1.165) is 12.3 Å². The fourth-order valence-electron chi connectivity index (χ4n) is 2.48. The summed E-state index contributed by atoms with van der Waals surface area (Å²) in [4.78, 5) is 27.9. The van der Waals surface area contributed by atoms with Crippen LogP contribution in [-0.4, -0.2) is 21.8 Å². The molecule has 29 heavy (non-hydrogen) atoms. The summed E-state index contributed by atoms with van der Waals surface area (Å²) in [6.45, 7) is -0.986. The minimum Gasteiger partial charge on any atom is -0.307 e. The highest BCUT2D eigenvalue weighted by molar-refractivity contribution is 7.12. The van der Waals surface area contributed by atoms with Crippen molar-refractivity contribution in [3.8, 4) is 11.8 Å². The molecule has 9 heteroatoms. The lowest BCUT2D eigenvalue weighted by molar-refractivity contribution is 0.0996. The second kappa shape index (κ2) is 8.84. The molecule has 0 aliphatic heterocycles. The van der Waals surface area contributed by atoms with Gasteiger partial charge in [0.1, 0.15) is 0 Å². The number of Topliss-reactive ketones (excluding diaryl/α,β-unsaturated/α-hetero) is 1. The molecule has 3 aromatic rings. The van der Waals surface area contributed by atoms with E-state index in [9.17, 15) is 27.2 Å². The van der Waals surface area contributed by atoms with E-state index in [1.165, 1.54) is 18.5 Å². The van der Waals surface area contributed by atoms with Crippen LogP contribution >= 0.6 is 11.3 Å².